The van der Waals surface area contributed by atoms with Crippen molar-refractivity contribution in [2.45, 2.75) is 0 Å². The van der Waals surface area contributed by atoms with Crippen molar-refractivity contribution in [1.82, 2.24) is 0 Å². The summed E-state index contributed by atoms with van der Waals surface area (Å²) in [6, 6.07) is 6.85. The van der Waals surface area contributed by atoms with Gasteiger partial charge in [0.15, 0.2) is 17.5 Å². The fraction of sp³-hybridized carbons (Fsp3) is 0. The number of benzene rings is 2. The Hall–Kier alpha value is -1.00. The predicted molar refractivity (Wildman–Crippen MR) is 64.5 cm³/mol. The molecule has 0 amide bonds. The second-order valence-corrected chi connectivity index (χ2v) is 4.56. The number of hydrogen-bond donors (Lipinski definition) is 0. The van der Waals surface area contributed by atoms with Gasteiger partial charge >= 0.3 is 0 Å². The number of hydrogen-bond acceptors (Lipinski definition) is 0. The van der Waals surface area contributed by atoms with Gasteiger partial charge in [0.2, 0.25) is 0 Å². The molecule has 0 aliphatic heterocycles. The first-order chi connectivity index (χ1) is 8.02. The zero-order valence-electron chi connectivity index (χ0n) is 8.28. The molecule has 0 spiro atoms. The van der Waals surface area contributed by atoms with Gasteiger partial charge in [0.1, 0.15) is 0 Å². The molecule has 0 bridgehead atoms. The lowest BCUT2D eigenvalue weighted by Crippen LogP contribution is -1.94. The second kappa shape index (κ2) is 4.70. The van der Waals surface area contributed by atoms with Crippen LogP contribution in [0.4, 0.5) is 13.2 Å². The molecule has 0 nitrogen and oxygen atoms in total. The van der Waals surface area contributed by atoms with Crippen molar-refractivity contribution in [2.24, 2.45) is 0 Å². The Bertz CT molecular complexity index is 584. The van der Waals surface area contributed by atoms with Crippen LogP contribution in [0, 0.1) is 17.5 Å². The zero-order chi connectivity index (χ0) is 12.6. The first-order valence-corrected chi connectivity index (χ1v) is 5.77. The lowest BCUT2D eigenvalue weighted by atomic mass is 10.0. The summed E-state index contributed by atoms with van der Waals surface area (Å²) < 4.78 is 40.0. The highest BCUT2D eigenvalue weighted by Crippen LogP contribution is 2.35. The lowest BCUT2D eigenvalue weighted by Gasteiger charge is -2.08. The van der Waals surface area contributed by atoms with Crippen LogP contribution in [-0.2, 0) is 0 Å². The van der Waals surface area contributed by atoms with Crippen molar-refractivity contribution in [3.05, 3.63) is 57.3 Å². The molecule has 0 atom stereocenters. The van der Waals surface area contributed by atoms with Crippen LogP contribution in [0.3, 0.4) is 0 Å². The van der Waals surface area contributed by atoms with E-state index in [-0.39, 0.29) is 10.6 Å². The van der Waals surface area contributed by atoms with Crippen molar-refractivity contribution in [3.8, 4) is 11.1 Å². The van der Waals surface area contributed by atoms with E-state index in [0.29, 0.717) is 10.0 Å². The standard InChI is InChI=1S/C12H5BrClF3/c13-8-3-1-2-6(10(8)14)7-4-5-9(15)12(17)11(7)16/h1-5H. The third kappa shape index (κ3) is 2.19. The van der Waals surface area contributed by atoms with Crippen LogP contribution in [0.2, 0.25) is 5.02 Å². The summed E-state index contributed by atoms with van der Waals surface area (Å²) in [6.45, 7) is 0. The van der Waals surface area contributed by atoms with E-state index >= 15 is 0 Å². The largest absolute Gasteiger partial charge is 0.204 e. The number of halogens is 5. The fourth-order valence-corrected chi connectivity index (χ4v) is 2.04. The van der Waals surface area contributed by atoms with Crippen molar-refractivity contribution < 1.29 is 13.2 Å². The van der Waals surface area contributed by atoms with Crippen LogP contribution < -0.4 is 0 Å². The molecule has 5 heteroatoms. The fourth-order valence-electron chi connectivity index (χ4n) is 1.45. The summed E-state index contributed by atoms with van der Waals surface area (Å²) in [5, 5.41) is 0.248. The van der Waals surface area contributed by atoms with Crippen LogP contribution >= 0.6 is 27.5 Å². The predicted octanol–water partition coefficient (Wildman–Crippen LogP) is 5.19. The van der Waals surface area contributed by atoms with Crippen molar-refractivity contribution in [3.63, 3.8) is 0 Å². The van der Waals surface area contributed by atoms with Gasteiger partial charge in [0.25, 0.3) is 0 Å². The molecule has 0 aliphatic rings. The summed E-state index contributed by atoms with van der Waals surface area (Å²) in [5.41, 5.74) is 0.229. The highest BCUT2D eigenvalue weighted by Gasteiger charge is 2.17. The quantitative estimate of drug-likeness (QED) is 0.634. The Morgan fingerprint density at radius 1 is 0.882 bits per heavy atom. The van der Waals surface area contributed by atoms with Crippen LogP contribution in [0.15, 0.2) is 34.8 Å². The maximum absolute atomic E-state index is 13.6. The van der Waals surface area contributed by atoms with Gasteiger partial charge < -0.3 is 0 Å². The van der Waals surface area contributed by atoms with Gasteiger partial charge in [-0.2, -0.15) is 0 Å². The summed E-state index contributed by atoms with van der Waals surface area (Å²) in [5.74, 6) is -3.97. The van der Waals surface area contributed by atoms with Crippen LogP contribution in [-0.4, -0.2) is 0 Å². The van der Waals surface area contributed by atoms with E-state index in [1.807, 2.05) is 0 Å². The van der Waals surface area contributed by atoms with Gasteiger partial charge in [-0.1, -0.05) is 23.7 Å². The van der Waals surface area contributed by atoms with Crippen LogP contribution in [0.1, 0.15) is 0 Å². The van der Waals surface area contributed by atoms with E-state index < -0.39 is 17.5 Å². The Morgan fingerprint density at radius 3 is 2.29 bits per heavy atom. The van der Waals surface area contributed by atoms with E-state index in [4.69, 9.17) is 11.6 Å². The molecule has 0 fully saturated rings. The Kier molecular flexibility index (Phi) is 3.45. The minimum absolute atomic E-state index is 0.0739. The first-order valence-electron chi connectivity index (χ1n) is 4.60. The second-order valence-electron chi connectivity index (χ2n) is 3.32. The highest BCUT2D eigenvalue weighted by molar-refractivity contribution is 9.10. The molecule has 2 aromatic rings. The van der Waals surface area contributed by atoms with Gasteiger partial charge in [-0.25, -0.2) is 13.2 Å². The van der Waals surface area contributed by atoms with Gasteiger partial charge in [-0.15, -0.1) is 0 Å². The van der Waals surface area contributed by atoms with Gasteiger partial charge in [-0.05, 0) is 34.1 Å². The molecule has 0 heterocycles. The molecule has 0 saturated carbocycles. The van der Waals surface area contributed by atoms with E-state index in [2.05, 4.69) is 15.9 Å². The molecular weight excluding hydrogens is 316 g/mol. The summed E-state index contributed by atoms with van der Waals surface area (Å²) in [4.78, 5) is 0. The average Bonchev–Trinajstić information content (AvgIpc) is 2.31. The monoisotopic (exact) mass is 320 g/mol. The first kappa shape index (κ1) is 12.5. The van der Waals surface area contributed by atoms with Crippen LogP contribution in [0.5, 0.6) is 0 Å². The van der Waals surface area contributed by atoms with Crippen LogP contribution in [0.25, 0.3) is 11.1 Å². The molecule has 0 N–H and O–H groups in total. The minimum atomic E-state index is -1.50. The molecule has 88 valence electrons. The topological polar surface area (TPSA) is 0 Å². The Balaban J connectivity index is 2.69. The van der Waals surface area contributed by atoms with Crippen molar-refractivity contribution in [2.75, 3.05) is 0 Å². The smallest absolute Gasteiger partial charge is 0.195 e. The zero-order valence-corrected chi connectivity index (χ0v) is 10.6. The molecule has 0 aromatic heterocycles. The molecule has 0 saturated heterocycles. The van der Waals surface area contributed by atoms with E-state index in [9.17, 15) is 13.2 Å². The van der Waals surface area contributed by atoms with Crippen molar-refractivity contribution >= 4 is 27.5 Å². The highest BCUT2D eigenvalue weighted by atomic mass is 79.9. The Labute approximate surface area is 109 Å². The molecular formula is C12H5BrClF3. The van der Waals surface area contributed by atoms with Gasteiger partial charge in [0.05, 0.1) is 5.02 Å². The SMILES string of the molecule is Fc1ccc(-c2cccc(Br)c2Cl)c(F)c1F. The third-order valence-electron chi connectivity index (χ3n) is 2.28. The average molecular weight is 322 g/mol. The van der Waals surface area contributed by atoms with E-state index in [1.165, 1.54) is 6.07 Å². The Morgan fingerprint density at radius 2 is 1.59 bits per heavy atom. The third-order valence-corrected chi connectivity index (χ3v) is 3.57. The normalized spacial score (nSPS) is 10.6. The summed E-state index contributed by atoms with van der Waals surface area (Å²) >= 11 is 9.14. The summed E-state index contributed by atoms with van der Waals surface area (Å²) in [7, 11) is 0. The molecule has 2 aromatic carbocycles. The molecule has 0 radical (unpaired) electrons. The van der Waals surface area contributed by atoms with Crippen molar-refractivity contribution in [1.29, 1.82) is 0 Å². The summed E-state index contributed by atoms with van der Waals surface area (Å²) in [6.07, 6.45) is 0. The number of rotatable bonds is 1. The van der Waals surface area contributed by atoms with E-state index in [1.54, 1.807) is 12.1 Å². The minimum Gasteiger partial charge on any atom is -0.204 e. The maximum atomic E-state index is 13.6. The molecule has 2 rings (SSSR count). The van der Waals surface area contributed by atoms with Gasteiger partial charge in [0, 0.05) is 15.6 Å². The maximum Gasteiger partial charge on any atom is 0.195 e. The lowest BCUT2D eigenvalue weighted by molar-refractivity contribution is 0.449. The molecule has 0 unspecified atom stereocenters. The molecule has 17 heavy (non-hydrogen) atoms. The van der Waals surface area contributed by atoms with Gasteiger partial charge in [-0.3, -0.25) is 0 Å². The van der Waals surface area contributed by atoms with E-state index in [0.717, 1.165) is 12.1 Å². The molecule has 0 aliphatic carbocycles.